The van der Waals surface area contributed by atoms with Gasteiger partial charge in [0.1, 0.15) is 0 Å². The third kappa shape index (κ3) is 17.6. The maximum Gasteiger partial charge on any atom is 0.220 e. The van der Waals surface area contributed by atoms with E-state index in [9.17, 15) is 4.79 Å². The fourth-order valence-electron chi connectivity index (χ4n) is 1.28. The molecule has 0 heterocycles. The summed E-state index contributed by atoms with van der Waals surface area (Å²) in [6, 6.07) is 0. The van der Waals surface area contributed by atoms with Crippen molar-refractivity contribution in [3.05, 3.63) is 0 Å². The smallest absolute Gasteiger partial charge is 0.220 e. The van der Waals surface area contributed by atoms with Gasteiger partial charge in [0, 0.05) is 13.0 Å². The van der Waals surface area contributed by atoms with E-state index in [1.54, 1.807) is 0 Å². The average molecular weight is 325 g/mol. The zero-order valence-corrected chi connectivity index (χ0v) is 13.3. The first-order valence-electron chi connectivity index (χ1n) is 7.10. The Hall–Kier alpha value is -0.380. The predicted molar refractivity (Wildman–Crippen MR) is 81.8 cm³/mol. The average Bonchev–Trinajstić information content (AvgIpc) is 2.48. The maximum absolute atomic E-state index is 11.1. The Bertz CT molecular complexity index is 233. The lowest BCUT2D eigenvalue weighted by molar-refractivity contribution is -0.120. The van der Waals surface area contributed by atoms with E-state index < -0.39 is 0 Å². The number of thiol groups is 1. The number of carbonyl (C=O) groups is 1. The van der Waals surface area contributed by atoms with Crippen LogP contribution in [0, 0.1) is 0 Å². The topological polar surface area (TPSA) is 86.3 Å². The molecule has 1 amide bonds. The van der Waals surface area contributed by atoms with Crippen LogP contribution in [0.5, 0.6) is 0 Å². The predicted octanol–water partition coefficient (Wildman–Crippen LogP) is -0.519. The summed E-state index contributed by atoms with van der Waals surface area (Å²) in [5, 5.41) is 11.2. The Morgan fingerprint density at radius 2 is 1.33 bits per heavy atom. The molecular weight excluding hydrogens is 298 g/mol. The summed E-state index contributed by atoms with van der Waals surface area (Å²) < 4.78 is 20.9. The van der Waals surface area contributed by atoms with Gasteiger partial charge in [0.25, 0.3) is 0 Å². The van der Waals surface area contributed by atoms with Gasteiger partial charge in [0.2, 0.25) is 5.91 Å². The fraction of sp³-hybridized carbons (Fsp3) is 0.923. The summed E-state index contributed by atoms with van der Waals surface area (Å²) in [6.45, 7) is 4.30. The Labute approximate surface area is 131 Å². The molecule has 0 fully saturated rings. The molecule has 21 heavy (non-hydrogen) atoms. The number of nitrogens with one attached hydrogen (secondary N) is 1. The Morgan fingerprint density at radius 3 is 1.81 bits per heavy atom. The number of aliphatic hydroxyl groups excluding tert-OH is 1. The summed E-state index contributed by atoms with van der Waals surface area (Å²) in [5.41, 5.74) is 0. The van der Waals surface area contributed by atoms with Gasteiger partial charge in [-0.1, -0.05) is 0 Å². The first-order valence-corrected chi connectivity index (χ1v) is 7.74. The molecule has 0 bridgehead atoms. The lowest BCUT2D eigenvalue weighted by Gasteiger charge is -2.07. The van der Waals surface area contributed by atoms with Crippen molar-refractivity contribution in [1.29, 1.82) is 0 Å². The van der Waals surface area contributed by atoms with E-state index >= 15 is 0 Å². The zero-order valence-electron chi connectivity index (χ0n) is 12.4. The van der Waals surface area contributed by atoms with Gasteiger partial charge in [-0.2, -0.15) is 12.6 Å². The second kappa shape index (κ2) is 17.7. The van der Waals surface area contributed by atoms with E-state index in [2.05, 4.69) is 17.9 Å². The number of amides is 1. The summed E-state index contributed by atoms with van der Waals surface area (Å²) in [6.07, 6.45) is 0.428. The summed E-state index contributed by atoms with van der Waals surface area (Å²) in [4.78, 5) is 11.1. The quantitative estimate of drug-likeness (QED) is 0.262. The molecule has 0 rings (SSSR count). The molecule has 0 spiro atoms. The van der Waals surface area contributed by atoms with Crippen LogP contribution >= 0.6 is 12.6 Å². The van der Waals surface area contributed by atoms with Gasteiger partial charge in [-0.05, 0) is 5.75 Å². The molecule has 7 nitrogen and oxygen atoms in total. The van der Waals surface area contributed by atoms with Crippen LogP contribution in [0.3, 0.4) is 0 Å². The molecule has 126 valence electrons. The van der Waals surface area contributed by atoms with Crippen molar-refractivity contribution in [2.24, 2.45) is 0 Å². The minimum atomic E-state index is -0.00929. The minimum absolute atomic E-state index is 0.00929. The molecule has 0 aromatic rings. The normalized spacial score (nSPS) is 10.8. The standard InChI is InChI=1S/C13H27NO6S/c15-3-5-18-7-9-20-11-10-19-8-6-17-4-2-14-13(16)1-12-21/h15,21H,1-12H2,(H,14,16). The molecule has 0 aliphatic carbocycles. The molecule has 0 saturated heterocycles. The highest BCUT2D eigenvalue weighted by Crippen LogP contribution is 1.84. The van der Waals surface area contributed by atoms with Gasteiger partial charge < -0.3 is 29.4 Å². The molecule has 0 atom stereocenters. The van der Waals surface area contributed by atoms with E-state index in [1.165, 1.54) is 0 Å². The van der Waals surface area contributed by atoms with Crippen LogP contribution in [0.2, 0.25) is 0 Å². The van der Waals surface area contributed by atoms with Crippen molar-refractivity contribution in [3.63, 3.8) is 0 Å². The monoisotopic (exact) mass is 325 g/mol. The second-order valence-corrected chi connectivity index (χ2v) is 4.44. The first kappa shape index (κ1) is 20.6. The molecule has 8 heteroatoms. The molecule has 0 radical (unpaired) electrons. The van der Waals surface area contributed by atoms with Crippen molar-refractivity contribution in [1.82, 2.24) is 5.32 Å². The summed E-state index contributed by atoms with van der Waals surface area (Å²) in [7, 11) is 0. The van der Waals surface area contributed by atoms with Crippen LogP contribution < -0.4 is 5.32 Å². The highest BCUT2D eigenvalue weighted by Gasteiger charge is 1.97. The summed E-state index contributed by atoms with van der Waals surface area (Å²) in [5.74, 6) is 0.542. The molecule has 0 aliphatic rings. The maximum atomic E-state index is 11.1. The van der Waals surface area contributed by atoms with Gasteiger partial charge in [-0.3, -0.25) is 4.79 Å². The molecule has 0 aromatic heterocycles. The van der Waals surface area contributed by atoms with Crippen LogP contribution in [-0.4, -0.2) is 82.8 Å². The minimum Gasteiger partial charge on any atom is -0.394 e. The fourth-order valence-corrected chi connectivity index (χ4v) is 1.48. The Morgan fingerprint density at radius 1 is 0.857 bits per heavy atom. The molecule has 0 aliphatic heterocycles. The summed E-state index contributed by atoms with van der Waals surface area (Å²) >= 11 is 3.97. The molecule has 0 saturated carbocycles. The van der Waals surface area contributed by atoms with Gasteiger partial charge in [0.15, 0.2) is 0 Å². The Kier molecular flexibility index (Phi) is 17.4. The number of hydrogen-bond donors (Lipinski definition) is 3. The third-order valence-corrected chi connectivity index (χ3v) is 2.48. The van der Waals surface area contributed by atoms with Gasteiger partial charge in [-0.25, -0.2) is 0 Å². The van der Waals surface area contributed by atoms with Gasteiger partial charge >= 0.3 is 0 Å². The number of hydrogen-bond acceptors (Lipinski definition) is 7. The largest absolute Gasteiger partial charge is 0.394 e. The Balaban J connectivity index is 3.01. The molecule has 0 unspecified atom stereocenters. The molecule has 2 N–H and O–H groups in total. The van der Waals surface area contributed by atoms with Crippen molar-refractivity contribution in [2.45, 2.75) is 6.42 Å². The third-order valence-electron chi connectivity index (χ3n) is 2.26. The number of rotatable bonds is 16. The van der Waals surface area contributed by atoms with Gasteiger partial charge in [0.05, 0.1) is 59.5 Å². The van der Waals surface area contributed by atoms with Crippen LogP contribution in [0.15, 0.2) is 0 Å². The van der Waals surface area contributed by atoms with Crippen LogP contribution in [0.1, 0.15) is 6.42 Å². The van der Waals surface area contributed by atoms with E-state index in [1.807, 2.05) is 0 Å². The van der Waals surface area contributed by atoms with Crippen LogP contribution in [0.25, 0.3) is 0 Å². The van der Waals surface area contributed by atoms with E-state index in [-0.39, 0.29) is 12.5 Å². The highest BCUT2D eigenvalue weighted by molar-refractivity contribution is 7.80. The van der Waals surface area contributed by atoms with Crippen molar-refractivity contribution in [3.8, 4) is 0 Å². The molecule has 0 aromatic carbocycles. The van der Waals surface area contributed by atoms with Crippen molar-refractivity contribution < 1.29 is 28.8 Å². The van der Waals surface area contributed by atoms with Crippen LogP contribution in [-0.2, 0) is 23.7 Å². The lowest BCUT2D eigenvalue weighted by Crippen LogP contribution is -2.27. The lowest BCUT2D eigenvalue weighted by atomic mass is 10.4. The number of aliphatic hydroxyl groups is 1. The molecular formula is C13H27NO6S. The number of ether oxygens (including phenoxy) is 4. The SMILES string of the molecule is O=C(CCS)NCCOCCOCCOCCOCCO. The van der Waals surface area contributed by atoms with Crippen molar-refractivity contribution in [2.75, 3.05) is 71.8 Å². The zero-order chi connectivity index (χ0) is 15.6. The number of carbonyl (C=O) groups excluding carboxylic acids is 1. The van der Waals surface area contributed by atoms with E-state index in [0.717, 1.165) is 0 Å². The van der Waals surface area contributed by atoms with E-state index in [0.29, 0.717) is 71.6 Å². The van der Waals surface area contributed by atoms with Gasteiger partial charge in [-0.15, -0.1) is 0 Å². The van der Waals surface area contributed by atoms with Crippen molar-refractivity contribution >= 4 is 18.5 Å². The second-order valence-electron chi connectivity index (χ2n) is 4.00. The highest BCUT2D eigenvalue weighted by atomic mass is 32.1. The first-order chi connectivity index (χ1) is 10.3. The van der Waals surface area contributed by atoms with E-state index in [4.69, 9.17) is 24.1 Å². The van der Waals surface area contributed by atoms with Crippen LogP contribution in [0.4, 0.5) is 0 Å².